The summed E-state index contributed by atoms with van der Waals surface area (Å²) in [6.07, 6.45) is -3.27. The average molecular weight is 592 g/mol. The highest BCUT2D eigenvalue weighted by Gasteiger charge is 2.33. The summed E-state index contributed by atoms with van der Waals surface area (Å²) in [6.45, 7) is 4.78. The number of hydrogen-bond donors (Lipinski definition) is 3. The number of nitrogen functional groups attached to an aromatic ring is 1. The van der Waals surface area contributed by atoms with E-state index < -0.39 is 22.8 Å². The number of methoxy groups -OCH3 is 2. The number of hydrogen-bond acceptors (Lipinski definition) is 7. The second-order valence-electron chi connectivity index (χ2n) is 9.00. The second-order valence-corrected chi connectivity index (χ2v) is 9.41. The molecule has 2 amide bonds. The number of rotatable bonds is 10. The van der Waals surface area contributed by atoms with E-state index in [0.717, 1.165) is 42.0 Å². The van der Waals surface area contributed by atoms with Gasteiger partial charge in [0.25, 0.3) is 0 Å². The largest absolute Gasteiger partial charge is 0.495 e. The zero-order chi connectivity index (χ0) is 29.7. The van der Waals surface area contributed by atoms with Gasteiger partial charge in [-0.15, -0.1) is 0 Å². The molecule has 0 saturated carbocycles. The molecule has 0 bridgehead atoms. The monoisotopic (exact) mass is 591 g/mol. The van der Waals surface area contributed by atoms with Crippen molar-refractivity contribution in [1.29, 1.82) is 0 Å². The molecule has 0 atom stereocenters. The SMILES string of the molecule is CCN(CCOC)Cc1cc(-c2ccc(NC(=O)Nc3ccc(Cl)c(C(F)(F)F)c3)c(OC)c2)c2c(N)ncnn12. The molecule has 0 aliphatic heterocycles. The van der Waals surface area contributed by atoms with Crippen molar-refractivity contribution in [3.05, 3.63) is 65.1 Å². The van der Waals surface area contributed by atoms with Crippen LogP contribution in [0.25, 0.3) is 16.6 Å². The van der Waals surface area contributed by atoms with E-state index in [1.54, 1.807) is 29.8 Å². The first-order valence-electron chi connectivity index (χ1n) is 12.5. The lowest BCUT2D eigenvalue weighted by atomic mass is 10.1. The van der Waals surface area contributed by atoms with Gasteiger partial charge in [0, 0.05) is 31.5 Å². The number of carbonyl (C=O) groups excluding carboxylic acids is 1. The first-order chi connectivity index (χ1) is 19.5. The summed E-state index contributed by atoms with van der Waals surface area (Å²) in [5.74, 6) is 0.610. The minimum Gasteiger partial charge on any atom is -0.495 e. The third kappa shape index (κ3) is 6.81. The van der Waals surface area contributed by atoms with Gasteiger partial charge in [0.05, 0.1) is 35.7 Å². The number of benzene rings is 2. The number of nitrogens with two attached hydrogens (primary N) is 1. The quantitative estimate of drug-likeness (QED) is 0.214. The lowest BCUT2D eigenvalue weighted by molar-refractivity contribution is -0.137. The van der Waals surface area contributed by atoms with E-state index in [2.05, 4.69) is 32.5 Å². The van der Waals surface area contributed by atoms with Gasteiger partial charge in [-0.25, -0.2) is 14.3 Å². The number of alkyl halides is 3. The fourth-order valence-electron chi connectivity index (χ4n) is 4.33. The first kappa shape index (κ1) is 29.9. The second kappa shape index (κ2) is 12.6. The molecule has 0 unspecified atom stereocenters. The molecule has 0 saturated heterocycles. The summed E-state index contributed by atoms with van der Waals surface area (Å²) in [5.41, 5.74) is 8.42. The summed E-state index contributed by atoms with van der Waals surface area (Å²) in [7, 11) is 3.09. The van der Waals surface area contributed by atoms with Crippen molar-refractivity contribution >= 4 is 40.3 Å². The van der Waals surface area contributed by atoms with Gasteiger partial charge in [0.15, 0.2) is 5.82 Å². The van der Waals surface area contributed by atoms with Gasteiger partial charge in [0.1, 0.15) is 17.6 Å². The molecule has 0 radical (unpaired) electrons. The molecule has 4 aromatic rings. The van der Waals surface area contributed by atoms with Crippen LogP contribution < -0.4 is 21.1 Å². The Kier molecular flexibility index (Phi) is 9.21. The molecule has 14 heteroatoms. The third-order valence-electron chi connectivity index (χ3n) is 6.39. The maximum atomic E-state index is 13.2. The van der Waals surface area contributed by atoms with E-state index >= 15 is 0 Å². The lowest BCUT2D eigenvalue weighted by Gasteiger charge is -2.19. The molecule has 2 aromatic heterocycles. The number of amides is 2. The molecule has 0 aliphatic rings. The van der Waals surface area contributed by atoms with Gasteiger partial charge in [-0.2, -0.15) is 18.3 Å². The van der Waals surface area contributed by atoms with Crippen LogP contribution in [-0.2, 0) is 17.5 Å². The fourth-order valence-corrected chi connectivity index (χ4v) is 4.56. The Hall–Kier alpha value is -4.07. The van der Waals surface area contributed by atoms with Crippen LogP contribution in [0.5, 0.6) is 5.75 Å². The predicted octanol–water partition coefficient (Wildman–Crippen LogP) is 5.77. The van der Waals surface area contributed by atoms with E-state index in [1.807, 2.05) is 6.07 Å². The van der Waals surface area contributed by atoms with Gasteiger partial charge >= 0.3 is 12.2 Å². The summed E-state index contributed by atoms with van der Waals surface area (Å²) in [5, 5.41) is 8.94. The van der Waals surface area contributed by atoms with Gasteiger partial charge in [-0.1, -0.05) is 24.6 Å². The predicted molar refractivity (Wildman–Crippen MR) is 151 cm³/mol. The van der Waals surface area contributed by atoms with Crippen LogP contribution in [0.15, 0.2) is 48.8 Å². The Bertz CT molecular complexity index is 1540. The van der Waals surface area contributed by atoms with Crippen molar-refractivity contribution in [2.45, 2.75) is 19.6 Å². The number of halogens is 4. The highest BCUT2D eigenvalue weighted by molar-refractivity contribution is 6.31. The Morgan fingerprint density at radius 1 is 1.15 bits per heavy atom. The Morgan fingerprint density at radius 2 is 1.93 bits per heavy atom. The van der Waals surface area contributed by atoms with Crippen LogP contribution in [0.4, 0.5) is 35.2 Å². The summed E-state index contributed by atoms with van der Waals surface area (Å²) in [4.78, 5) is 19.0. The molecule has 41 heavy (non-hydrogen) atoms. The maximum Gasteiger partial charge on any atom is 0.417 e. The molecule has 0 aliphatic carbocycles. The van der Waals surface area contributed by atoms with E-state index in [9.17, 15) is 18.0 Å². The number of nitrogens with zero attached hydrogens (tertiary/aromatic N) is 4. The Labute approximate surface area is 239 Å². The van der Waals surface area contributed by atoms with Crippen molar-refractivity contribution < 1.29 is 27.4 Å². The number of fused-ring (bicyclic) bond motifs is 1. The lowest BCUT2D eigenvalue weighted by Crippen LogP contribution is -2.27. The minimum absolute atomic E-state index is 0.0790. The summed E-state index contributed by atoms with van der Waals surface area (Å²) >= 11 is 5.66. The number of nitrogens with one attached hydrogen (secondary N) is 2. The van der Waals surface area contributed by atoms with Crippen LogP contribution in [0.2, 0.25) is 5.02 Å². The zero-order valence-electron chi connectivity index (χ0n) is 22.6. The topological polar surface area (TPSA) is 119 Å². The molecule has 0 fully saturated rings. The molecule has 2 aromatic carbocycles. The highest BCUT2D eigenvalue weighted by Crippen LogP contribution is 2.37. The van der Waals surface area contributed by atoms with Crippen LogP contribution in [-0.4, -0.2) is 59.4 Å². The molecule has 0 spiro atoms. The van der Waals surface area contributed by atoms with Crippen molar-refractivity contribution in [2.75, 3.05) is 50.3 Å². The number of aromatic nitrogens is 3. The molecule has 10 nitrogen and oxygen atoms in total. The van der Waals surface area contributed by atoms with Crippen molar-refractivity contribution in [2.24, 2.45) is 0 Å². The van der Waals surface area contributed by atoms with Crippen molar-refractivity contribution in [3.8, 4) is 16.9 Å². The highest BCUT2D eigenvalue weighted by atomic mass is 35.5. The normalized spacial score (nSPS) is 11.7. The van der Waals surface area contributed by atoms with Gasteiger partial charge in [0.2, 0.25) is 0 Å². The van der Waals surface area contributed by atoms with Gasteiger partial charge in [-0.05, 0) is 48.5 Å². The molecule has 4 N–H and O–H groups in total. The van der Waals surface area contributed by atoms with E-state index in [0.29, 0.717) is 35.9 Å². The van der Waals surface area contributed by atoms with Crippen LogP contribution in [0, 0.1) is 0 Å². The standard InChI is InChI=1S/C27H29ClF3N7O3/c1-4-37(9-10-40-2)14-18-13-19(24-25(32)33-15-34-38(18)24)16-5-8-22(23(11-16)41-3)36-26(39)35-17-6-7-21(28)20(12-17)27(29,30)31/h5-8,11-13,15H,4,9-10,14H2,1-3H3,(H2,32,33,34)(H2,35,36,39). The van der Waals surface area contributed by atoms with Crippen molar-refractivity contribution in [1.82, 2.24) is 19.5 Å². The van der Waals surface area contributed by atoms with E-state index in [1.165, 1.54) is 19.5 Å². The average Bonchev–Trinajstić information content (AvgIpc) is 3.31. The van der Waals surface area contributed by atoms with Crippen molar-refractivity contribution in [3.63, 3.8) is 0 Å². The molecular weight excluding hydrogens is 563 g/mol. The fraction of sp³-hybridized carbons (Fsp3) is 0.296. The summed E-state index contributed by atoms with van der Waals surface area (Å²) in [6, 6.07) is 9.41. The van der Waals surface area contributed by atoms with Gasteiger partial charge < -0.3 is 25.8 Å². The van der Waals surface area contributed by atoms with Crippen LogP contribution >= 0.6 is 11.6 Å². The van der Waals surface area contributed by atoms with Gasteiger partial charge in [-0.3, -0.25) is 4.90 Å². The Morgan fingerprint density at radius 3 is 2.61 bits per heavy atom. The smallest absolute Gasteiger partial charge is 0.417 e. The van der Waals surface area contributed by atoms with Crippen LogP contribution in [0.3, 0.4) is 0 Å². The number of ether oxygens (including phenoxy) is 2. The van der Waals surface area contributed by atoms with E-state index in [-0.39, 0.29) is 5.69 Å². The van der Waals surface area contributed by atoms with Crippen LogP contribution in [0.1, 0.15) is 18.2 Å². The zero-order valence-corrected chi connectivity index (χ0v) is 23.3. The molecule has 218 valence electrons. The summed E-state index contributed by atoms with van der Waals surface area (Å²) < 4.78 is 52.1. The maximum absolute atomic E-state index is 13.2. The molecule has 2 heterocycles. The minimum atomic E-state index is -4.67. The number of likely N-dealkylation sites (N-methyl/N-ethyl adjacent to an activating group) is 1. The number of anilines is 3. The molecule has 4 rings (SSSR count). The number of urea groups is 1. The number of carbonyl (C=O) groups is 1. The third-order valence-corrected chi connectivity index (χ3v) is 6.72. The molecular formula is C27H29ClF3N7O3. The Balaban J connectivity index is 1.61. The van der Waals surface area contributed by atoms with E-state index in [4.69, 9.17) is 26.8 Å². The first-order valence-corrected chi connectivity index (χ1v) is 12.9.